The third kappa shape index (κ3) is 19.1. The van der Waals surface area contributed by atoms with E-state index in [1.165, 1.54) is 109 Å². The van der Waals surface area contributed by atoms with Gasteiger partial charge in [0, 0.05) is 0 Å². The molecule has 176 valence electrons. The van der Waals surface area contributed by atoms with Gasteiger partial charge in [-0.05, 0) is 46.1 Å². The maximum absolute atomic E-state index is 10.5. The molecular formula is C25H47NO3S. The van der Waals surface area contributed by atoms with E-state index in [0.717, 1.165) is 5.56 Å². The first-order valence-corrected chi connectivity index (χ1v) is 13.4. The summed E-state index contributed by atoms with van der Waals surface area (Å²) in [7, 11) is 0.318. The molecule has 0 radical (unpaired) electrons. The van der Waals surface area contributed by atoms with Gasteiger partial charge in [-0.3, -0.25) is 4.55 Å². The first-order chi connectivity index (χ1) is 14.3. The molecule has 30 heavy (non-hydrogen) atoms. The van der Waals surface area contributed by atoms with Crippen LogP contribution in [0.15, 0.2) is 29.2 Å². The minimum absolute atomic E-state index is 0.0666. The first kappa shape index (κ1) is 29.1. The Kier molecular flexibility index (Phi) is 18.3. The Morgan fingerprint density at radius 3 is 1.40 bits per heavy atom. The summed E-state index contributed by atoms with van der Waals surface area (Å²) in [5, 5.41) is 0. The molecule has 0 fully saturated rings. The van der Waals surface area contributed by atoms with Gasteiger partial charge in [-0.15, -0.1) is 0 Å². The molecule has 1 rings (SSSR count). The van der Waals surface area contributed by atoms with E-state index in [2.05, 4.69) is 25.9 Å². The van der Waals surface area contributed by atoms with Gasteiger partial charge in [0.1, 0.15) is 0 Å². The van der Waals surface area contributed by atoms with Gasteiger partial charge in [0.05, 0.1) is 4.90 Å². The van der Waals surface area contributed by atoms with Crippen molar-refractivity contribution in [2.45, 2.75) is 109 Å². The molecule has 1 aromatic rings. The second-order valence-corrected chi connectivity index (χ2v) is 10.1. The van der Waals surface area contributed by atoms with Gasteiger partial charge in [-0.1, -0.05) is 108 Å². The van der Waals surface area contributed by atoms with Crippen LogP contribution in [0.3, 0.4) is 0 Å². The molecule has 0 heterocycles. The third-order valence-electron chi connectivity index (χ3n) is 5.28. The molecule has 5 heteroatoms. The van der Waals surface area contributed by atoms with E-state index in [1.807, 2.05) is 6.92 Å². The van der Waals surface area contributed by atoms with Crippen molar-refractivity contribution in [3.63, 3.8) is 0 Å². The summed E-state index contributed by atoms with van der Waals surface area (Å²) in [5.41, 5.74) is 0.956. The number of aryl methyl sites for hydroxylation is 1. The predicted octanol–water partition coefficient (Wildman–Crippen LogP) is 7.27. The molecule has 0 unspecified atom stereocenters. The maximum Gasteiger partial charge on any atom is 0.294 e. The van der Waals surface area contributed by atoms with E-state index in [9.17, 15) is 8.42 Å². The average molecular weight is 442 g/mol. The number of hydrogen-bond donors (Lipinski definition) is 1. The van der Waals surface area contributed by atoms with Crippen LogP contribution in [-0.2, 0) is 10.1 Å². The van der Waals surface area contributed by atoms with E-state index < -0.39 is 10.1 Å². The Balaban J connectivity index is 0.000000642. The molecule has 0 aliphatic carbocycles. The van der Waals surface area contributed by atoms with Crippen LogP contribution >= 0.6 is 0 Å². The number of hydrogen-bond acceptors (Lipinski definition) is 3. The van der Waals surface area contributed by atoms with Gasteiger partial charge in [0.15, 0.2) is 0 Å². The van der Waals surface area contributed by atoms with Crippen LogP contribution in [0.25, 0.3) is 0 Å². The molecule has 0 aliphatic rings. The predicted molar refractivity (Wildman–Crippen MR) is 130 cm³/mol. The van der Waals surface area contributed by atoms with Gasteiger partial charge in [-0.25, -0.2) is 0 Å². The van der Waals surface area contributed by atoms with Gasteiger partial charge < -0.3 is 4.90 Å². The normalized spacial score (nSPS) is 11.4. The molecule has 0 bridgehead atoms. The highest BCUT2D eigenvalue weighted by Crippen LogP contribution is 2.13. The lowest BCUT2D eigenvalue weighted by Crippen LogP contribution is -2.12. The number of rotatable bonds is 16. The minimum Gasteiger partial charge on any atom is -0.309 e. The van der Waals surface area contributed by atoms with Crippen LogP contribution in [0.4, 0.5) is 0 Å². The number of nitrogens with zero attached hydrogens (tertiary/aromatic N) is 1. The van der Waals surface area contributed by atoms with Crippen molar-refractivity contribution < 1.29 is 13.0 Å². The summed E-state index contributed by atoms with van der Waals surface area (Å²) in [6.07, 6.45) is 20.3. The second-order valence-electron chi connectivity index (χ2n) is 8.69. The summed E-state index contributed by atoms with van der Waals surface area (Å²) >= 11 is 0. The zero-order valence-electron chi connectivity index (χ0n) is 20.0. The minimum atomic E-state index is -4.02. The van der Waals surface area contributed by atoms with Gasteiger partial charge >= 0.3 is 0 Å². The summed E-state index contributed by atoms with van der Waals surface area (Å²) in [5.74, 6) is 0. The fraction of sp³-hybridized carbons (Fsp3) is 0.760. The Bertz CT molecular complexity index is 597. The zero-order valence-corrected chi connectivity index (χ0v) is 20.9. The lowest BCUT2D eigenvalue weighted by Gasteiger charge is -2.08. The van der Waals surface area contributed by atoms with Crippen LogP contribution < -0.4 is 0 Å². The lowest BCUT2D eigenvalue weighted by molar-refractivity contribution is 0.389. The maximum atomic E-state index is 10.5. The van der Waals surface area contributed by atoms with Crippen molar-refractivity contribution in [3.05, 3.63) is 29.8 Å². The quantitative estimate of drug-likeness (QED) is 0.216. The van der Waals surface area contributed by atoms with Crippen LogP contribution in [0.5, 0.6) is 0 Å². The van der Waals surface area contributed by atoms with E-state index in [-0.39, 0.29) is 4.90 Å². The van der Waals surface area contributed by atoms with Crippen molar-refractivity contribution in [1.82, 2.24) is 4.90 Å². The fourth-order valence-corrected chi connectivity index (χ4v) is 3.81. The molecule has 0 amide bonds. The van der Waals surface area contributed by atoms with Crippen molar-refractivity contribution >= 4 is 10.1 Å². The third-order valence-corrected chi connectivity index (χ3v) is 6.15. The van der Waals surface area contributed by atoms with Crippen LogP contribution in [-0.4, -0.2) is 38.5 Å². The number of benzene rings is 1. The Morgan fingerprint density at radius 1 is 0.700 bits per heavy atom. The fourth-order valence-electron chi connectivity index (χ4n) is 3.33. The number of unbranched alkanes of at least 4 members (excludes halogenated alkanes) is 13. The van der Waals surface area contributed by atoms with E-state index in [1.54, 1.807) is 12.1 Å². The summed E-state index contributed by atoms with van der Waals surface area (Å²) in [6, 6.07) is 5.99. The molecule has 0 saturated carbocycles. The van der Waals surface area contributed by atoms with Crippen molar-refractivity contribution in [3.8, 4) is 0 Å². The largest absolute Gasteiger partial charge is 0.309 e. The highest BCUT2D eigenvalue weighted by atomic mass is 32.2. The standard InChI is InChI=1S/C18H39N.C7H8O3S/c1-4-5-6-7-8-9-10-11-12-13-14-15-16-17-18-19(2)3;1-6-2-4-7(5-3-6)11(8,9)10/h4-18H2,1-3H3;2-5H,1H3,(H,8,9,10). The Morgan fingerprint density at radius 2 is 1.07 bits per heavy atom. The van der Waals surface area contributed by atoms with Crippen molar-refractivity contribution in [1.29, 1.82) is 0 Å². The summed E-state index contributed by atoms with van der Waals surface area (Å²) in [6.45, 7) is 5.40. The summed E-state index contributed by atoms with van der Waals surface area (Å²) in [4.78, 5) is 2.23. The highest BCUT2D eigenvalue weighted by molar-refractivity contribution is 7.85. The lowest BCUT2D eigenvalue weighted by atomic mass is 10.0. The molecule has 1 N–H and O–H groups in total. The Labute approximate surface area is 187 Å². The molecule has 0 spiro atoms. The molecular weight excluding hydrogens is 394 g/mol. The summed E-state index contributed by atoms with van der Waals surface area (Å²) < 4.78 is 29.6. The monoisotopic (exact) mass is 441 g/mol. The molecule has 0 atom stereocenters. The topological polar surface area (TPSA) is 57.6 Å². The molecule has 4 nitrogen and oxygen atoms in total. The van der Waals surface area contributed by atoms with Crippen LogP contribution in [0.2, 0.25) is 0 Å². The Hall–Kier alpha value is -0.910. The first-order valence-electron chi connectivity index (χ1n) is 12.0. The van der Waals surface area contributed by atoms with E-state index in [0.29, 0.717) is 0 Å². The van der Waals surface area contributed by atoms with Crippen LogP contribution in [0.1, 0.15) is 102 Å². The smallest absolute Gasteiger partial charge is 0.294 e. The SMILES string of the molecule is CCCCCCCCCCCCCCCCN(C)C.Cc1ccc(S(=O)(=O)O)cc1. The highest BCUT2D eigenvalue weighted by Gasteiger charge is 2.06. The average Bonchev–Trinajstić information content (AvgIpc) is 2.68. The van der Waals surface area contributed by atoms with Gasteiger partial charge in [-0.2, -0.15) is 8.42 Å². The van der Waals surface area contributed by atoms with E-state index in [4.69, 9.17) is 4.55 Å². The second kappa shape index (κ2) is 18.8. The van der Waals surface area contributed by atoms with Crippen molar-refractivity contribution in [2.75, 3.05) is 20.6 Å². The molecule has 0 aromatic heterocycles. The van der Waals surface area contributed by atoms with Crippen LogP contribution in [0, 0.1) is 6.92 Å². The van der Waals surface area contributed by atoms with Crippen molar-refractivity contribution in [2.24, 2.45) is 0 Å². The van der Waals surface area contributed by atoms with Gasteiger partial charge in [0.25, 0.3) is 10.1 Å². The van der Waals surface area contributed by atoms with Gasteiger partial charge in [0.2, 0.25) is 0 Å². The van der Waals surface area contributed by atoms with E-state index >= 15 is 0 Å². The molecule has 0 saturated heterocycles. The zero-order chi connectivity index (χ0) is 22.7. The molecule has 1 aromatic carbocycles. The molecule has 0 aliphatic heterocycles.